The first-order chi connectivity index (χ1) is 5.72. The fourth-order valence-corrected chi connectivity index (χ4v) is 1.69. The molecule has 70 valence electrons. The van der Waals surface area contributed by atoms with Crippen LogP contribution in [0.3, 0.4) is 0 Å². The number of halogens is 3. The normalized spacial score (nSPS) is 20.2. The van der Waals surface area contributed by atoms with Crippen molar-refractivity contribution in [3.05, 3.63) is 11.9 Å². The molecule has 0 unspecified atom stereocenters. The predicted octanol–water partition coefficient (Wildman–Crippen LogP) is 4.03. The average Bonchev–Trinajstić information content (AvgIpc) is 2.30. The van der Waals surface area contributed by atoms with Crippen LogP contribution in [-0.2, 0) is 0 Å². The molecule has 1 aliphatic rings. The van der Waals surface area contributed by atoms with E-state index in [0.29, 0.717) is 12.8 Å². The van der Waals surface area contributed by atoms with Gasteiger partial charge in [0.15, 0.2) is 5.83 Å². The van der Waals surface area contributed by atoms with E-state index in [1.54, 1.807) is 0 Å². The second-order valence-corrected chi connectivity index (χ2v) is 3.30. The molecule has 0 nitrogen and oxygen atoms in total. The summed E-state index contributed by atoms with van der Waals surface area (Å²) in [5.74, 6) is -1.67. The maximum Gasteiger partial charge on any atom is 0.301 e. The monoisotopic (exact) mass is 178 g/mol. The molecule has 0 aromatic rings. The van der Waals surface area contributed by atoms with Crippen molar-refractivity contribution >= 4 is 0 Å². The molecular formula is C9H13F3. The van der Waals surface area contributed by atoms with E-state index in [9.17, 15) is 13.2 Å². The first kappa shape index (κ1) is 9.62. The molecule has 1 fully saturated rings. The van der Waals surface area contributed by atoms with E-state index in [-0.39, 0.29) is 0 Å². The number of hydrogen-bond donors (Lipinski definition) is 0. The Kier molecular flexibility index (Phi) is 3.63. The van der Waals surface area contributed by atoms with E-state index in [1.165, 1.54) is 0 Å². The van der Waals surface area contributed by atoms with Gasteiger partial charge in [0, 0.05) is 5.92 Å². The van der Waals surface area contributed by atoms with E-state index >= 15 is 0 Å². The van der Waals surface area contributed by atoms with Gasteiger partial charge in [-0.2, -0.15) is 8.78 Å². The molecule has 3 heteroatoms. The van der Waals surface area contributed by atoms with Gasteiger partial charge in [0.2, 0.25) is 0 Å². The minimum atomic E-state index is -2.12. The smallest absolute Gasteiger partial charge is 0.206 e. The van der Waals surface area contributed by atoms with Gasteiger partial charge in [-0.3, -0.25) is 0 Å². The third-order valence-electron chi connectivity index (χ3n) is 2.39. The molecule has 1 rings (SSSR count). The summed E-state index contributed by atoms with van der Waals surface area (Å²) >= 11 is 0. The summed E-state index contributed by atoms with van der Waals surface area (Å²) in [4.78, 5) is 0. The molecule has 0 aliphatic heterocycles. The van der Waals surface area contributed by atoms with Gasteiger partial charge < -0.3 is 0 Å². The fraction of sp³-hybridized carbons (Fsp3) is 0.778. The van der Waals surface area contributed by atoms with Crippen molar-refractivity contribution in [3.8, 4) is 0 Å². The zero-order valence-electron chi connectivity index (χ0n) is 6.95. The zero-order valence-corrected chi connectivity index (χ0v) is 6.95. The molecule has 0 atom stereocenters. The first-order valence-corrected chi connectivity index (χ1v) is 4.42. The zero-order chi connectivity index (χ0) is 8.97. The lowest BCUT2D eigenvalue weighted by Crippen LogP contribution is -1.99. The summed E-state index contributed by atoms with van der Waals surface area (Å²) in [6.07, 6.45) is 2.92. The fourth-order valence-electron chi connectivity index (χ4n) is 1.69. The third-order valence-corrected chi connectivity index (χ3v) is 2.39. The van der Waals surface area contributed by atoms with Crippen molar-refractivity contribution in [2.24, 2.45) is 5.92 Å². The topological polar surface area (TPSA) is 0 Å². The van der Waals surface area contributed by atoms with Crippen LogP contribution in [0, 0.1) is 5.92 Å². The van der Waals surface area contributed by atoms with Crippen LogP contribution in [0.2, 0.25) is 0 Å². The predicted molar refractivity (Wildman–Crippen MR) is 41.5 cm³/mol. The molecule has 0 N–H and O–H groups in total. The minimum Gasteiger partial charge on any atom is -0.206 e. The molecule has 12 heavy (non-hydrogen) atoms. The van der Waals surface area contributed by atoms with Crippen LogP contribution in [0.5, 0.6) is 0 Å². The van der Waals surface area contributed by atoms with Crippen LogP contribution < -0.4 is 0 Å². The largest absolute Gasteiger partial charge is 0.301 e. The van der Waals surface area contributed by atoms with Crippen LogP contribution in [0.1, 0.15) is 38.5 Å². The molecule has 0 bridgehead atoms. The highest BCUT2D eigenvalue weighted by Crippen LogP contribution is 2.31. The van der Waals surface area contributed by atoms with Gasteiger partial charge in [-0.1, -0.05) is 25.7 Å². The number of hydrogen-bond acceptors (Lipinski definition) is 0. The van der Waals surface area contributed by atoms with Crippen molar-refractivity contribution in [1.82, 2.24) is 0 Å². The van der Waals surface area contributed by atoms with Gasteiger partial charge in [0.05, 0.1) is 0 Å². The van der Waals surface area contributed by atoms with Crippen LogP contribution in [0.15, 0.2) is 11.9 Å². The highest BCUT2D eigenvalue weighted by molar-refractivity contribution is 4.98. The molecule has 1 saturated carbocycles. The van der Waals surface area contributed by atoms with Crippen LogP contribution >= 0.6 is 0 Å². The number of allylic oxidation sites excluding steroid dienone is 1. The highest BCUT2D eigenvalue weighted by Gasteiger charge is 2.20. The van der Waals surface area contributed by atoms with Gasteiger partial charge in [0.25, 0.3) is 0 Å². The summed E-state index contributed by atoms with van der Waals surface area (Å²) in [5.41, 5.74) is 0. The number of rotatable bonds is 1. The van der Waals surface area contributed by atoms with Crippen LogP contribution in [0.4, 0.5) is 13.2 Å². The minimum absolute atomic E-state index is 0.502. The molecule has 1 aliphatic carbocycles. The molecule has 0 aromatic heterocycles. The van der Waals surface area contributed by atoms with E-state index in [2.05, 4.69) is 0 Å². The Morgan fingerprint density at radius 1 is 0.833 bits per heavy atom. The van der Waals surface area contributed by atoms with Crippen molar-refractivity contribution in [3.63, 3.8) is 0 Å². The van der Waals surface area contributed by atoms with Gasteiger partial charge in [-0.05, 0) is 12.8 Å². The Balaban J connectivity index is 2.54. The SMILES string of the molecule is FC(F)=C(F)C1CCCCCC1. The summed E-state index contributed by atoms with van der Waals surface area (Å²) < 4.78 is 36.4. The standard InChI is InChI=1S/C9H13F3/c10-8(9(11)12)7-5-3-1-2-4-6-7/h7H,1-6H2. The Hall–Kier alpha value is -0.470. The Bertz CT molecular complexity index is 163. The molecule has 0 radical (unpaired) electrons. The van der Waals surface area contributed by atoms with E-state index < -0.39 is 17.8 Å². The maximum absolute atomic E-state index is 12.7. The van der Waals surface area contributed by atoms with Gasteiger partial charge in [-0.25, -0.2) is 4.39 Å². The van der Waals surface area contributed by atoms with Crippen molar-refractivity contribution < 1.29 is 13.2 Å². The maximum atomic E-state index is 12.7. The second kappa shape index (κ2) is 4.53. The first-order valence-electron chi connectivity index (χ1n) is 4.42. The van der Waals surface area contributed by atoms with Gasteiger partial charge >= 0.3 is 6.08 Å². The lowest BCUT2D eigenvalue weighted by Gasteiger charge is -2.09. The summed E-state index contributed by atoms with van der Waals surface area (Å²) in [6, 6.07) is 0. The lowest BCUT2D eigenvalue weighted by atomic mass is 9.99. The molecule has 0 amide bonds. The van der Waals surface area contributed by atoms with Gasteiger partial charge in [0.1, 0.15) is 0 Å². The van der Waals surface area contributed by atoms with Crippen LogP contribution in [0.25, 0.3) is 0 Å². The quantitative estimate of drug-likeness (QED) is 0.531. The lowest BCUT2D eigenvalue weighted by molar-refractivity contribution is 0.326. The summed E-state index contributed by atoms with van der Waals surface area (Å²) in [5, 5.41) is 0. The second-order valence-electron chi connectivity index (χ2n) is 3.30. The molecule has 0 aromatic carbocycles. The van der Waals surface area contributed by atoms with E-state index in [1.807, 2.05) is 0 Å². The van der Waals surface area contributed by atoms with E-state index in [0.717, 1.165) is 25.7 Å². The van der Waals surface area contributed by atoms with Crippen LogP contribution in [-0.4, -0.2) is 0 Å². The average molecular weight is 178 g/mol. The molecule has 0 heterocycles. The highest BCUT2D eigenvalue weighted by atomic mass is 19.3. The van der Waals surface area contributed by atoms with Gasteiger partial charge in [-0.15, -0.1) is 0 Å². The summed E-state index contributed by atoms with van der Waals surface area (Å²) in [7, 11) is 0. The third kappa shape index (κ3) is 2.54. The van der Waals surface area contributed by atoms with Crippen molar-refractivity contribution in [2.45, 2.75) is 38.5 Å². The van der Waals surface area contributed by atoms with Crippen molar-refractivity contribution in [1.29, 1.82) is 0 Å². The Morgan fingerprint density at radius 2 is 1.33 bits per heavy atom. The van der Waals surface area contributed by atoms with E-state index in [4.69, 9.17) is 0 Å². The molecule has 0 spiro atoms. The molecule has 0 saturated heterocycles. The van der Waals surface area contributed by atoms with Crippen molar-refractivity contribution in [2.75, 3.05) is 0 Å². The Morgan fingerprint density at radius 3 is 1.75 bits per heavy atom. The Labute approximate surface area is 70.5 Å². The summed E-state index contributed by atoms with van der Waals surface area (Å²) in [6.45, 7) is 0. The molecular weight excluding hydrogens is 165 g/mol.